The fourth-order valence-corrected chi connectivity index (χ4v) is 3.33. The molecular weight excluding hydrogens is 372 g/mol. The minimum absolute atomic E-state index is 0.181. The molecule has 0 spiro atoms. The lowest BCUT2D eigenvalue weighted by atomic mass is 10.2. The van der Waals surface area contributed by atoms with Crippen molar-refractivity contribution in [3.8, 4) is 5.75 Å². The van der Waals surface area contributed by atoms with Crippen molar-refractivity contribution in [3.05, 3.63) is 64.2 Å². The van der Waals surface area contributed by atoms with Crippen molar-refractivity contribution in [2.75, 3.05) is 23.3 Å². The smallest absolute Gasteiger partial charge is 0.255 e. The second-order valence-electron chi connectivity index (χ2n) is 6.20. The maximum Gasteiger partial charge on any atom is 0.255 e. The third-order valence-corrected chi connectivity index (χ3v) is 5.09. The molecule has 146 valence electrons. The number of nitrogens with one attached hydrogen (secondary N) is 1. The number of nitrogens with zero attached hydrogens (tertiary/aromatic N) is 3. The van der Waals surface area contributed by atoms with Gasteiger partial charge in [0.15, 0.2) is 0 Å². The molecule has 2 aromatic heterocycles. The molecule has 1 amide bonds. The van der Waals surface area contributed by atoms with Crippen LogP contribution in [-0.2, 0) is 6.61 Å². The summed E-state index contributed by atoms with van der Waals surface area (Å²) in [6.45, 7) is 8.35. The Morgan fingerprint density at radius 2 is 1.89 bits per heavy atom. The van der Waals surface area contributed by atoms with E-state index in [1.54, 1.807) is 41.8 Å². The summed E-state index contributed by atoms with van der Waals surface area (Å²) >= 11 is 1.60. The molecule has 3 rings (SSSR count). The molecule has 0 saturated heterocycles. The standard InChI is InChI=1S/C21H24N4O2S/c1-4-25(5-2)20-11-8-17(12-22-20)24-21(26)16-6-9-19(10-7-16)27-13-18-14-28-15(3)23-18/h6-12,14H,4-5,13H2,1-3H3,(H,24,26). The summed E-state index contributed by atoms with van der Waals surface area (Å²) < 4.78 is 5.71. The van der Waals surface area contributed by atoms with Crippen molar-refractivity contribution in [3.63, 3.8) is 0 Å². The van der Waals surface area contributed by atoms with Crippen LogP contribution in [0.3, 0.4) is 0 Å². The Balaban J connectivity index is 1.56. The first-order valence-corrected chi connectivity index (χ1v) is 10.1. The number of amides is 1. The molecule has 1 aromatic carbocycles. The van der Waals surface area contributed by atoms with E-state index in [-0.39, 0.29) is 5.91 Å². The van der Waals surface area contributed by atoms with E-state index in [4.69, 9.17) is 4.74 Å². The molecule has 0 unspecified atom stereocenters. The molecule has 7 heteroatoms. The van der Waals surface area contributed by atoms with Crippen molar-refractivity contribution in [2.24, 2.45) is 0 Å². The zero-order chi connectivity index (χ0) is 19.9. The largest absolute Gasteiger partial charge is 0.487 e. The minimum Gasteiger partial charge on any atom is -0.487 e. The Morgan fingerprint density at radius 3 is 2.46 bits per heavy atom. The molecule has 0 radical (unpaired) electrons. The maximum absolute atomic E-state index is 12.4. The van der Waals surface area contributed by atoms with Gasteiger partial charge in [0, 0.05) is 24.0 Å². The van der Waals surface area contributed by atoms with Crippen molar-refractivity contribution in [2.45, 2.75) is 27.4 Å². The molecule has 2 heterocycles. The molecule has 3 aromatic rings. The molecule has 28 heavy (non-hydrogen) atoms. The molecule has 6 nitrogen and oxygen atoms in total. The lowest BCUT2D eigenvalue weighted by molar-refractivity contribution is 0.102. The van der Waals surface area contributed by atoms with E-state index in [1.807, 2.05) is 24.4 Å². The van der Waals surface area contributed by atoms with Crippen molar-refractivity contribution in [1.82, 2.24) is 9.97 Å². The number of aromatic nitrogens is 2. The first-order valence-electron chi connectivity index (χ1n) is 9.25. The van der Waals surface area contributed by atoms with Gasteiger partial charge in [-0.25, -0.2) is 9.97 Å². The zero-order valence-corrected chi connectivity index (χ0v) is 17.1. The van der Waals surface area contributed by atoms with Gasteiger partial charge < -0.3 is 15.0 Å². The summed E-state index contributed by atoms with van der Waals surface area (Å²) in [7, 11) is 0. The predicted octanol–water partition coefficient (Wildman–Crippen LogP) is 4.52. The molecule has 0 fully saturated rings. The van der Waals surface area contributed by atoms with E-state index in [9.17, 15) is 4.79 Å². The van der Waals surface area contributed by atoms with Crippen molar-refractivity contribution < 1.29 is 9.53 Å². The molecule has 0 aliphatic carbocycles. The van der Waals surface area contributed by atoms with Crippen LogP contribution in [0.2, 0.25) is 0 Å². The highest BCUT2D eigenvalue weighted by Gasteiger charge is 2.08. The lowest BCUT2D eigenvalue weighted by Gasteiger charge is -2.19. The monoisotopic (exact) mass is 396 g/mol. The van der Waals surface area contributed by atoms with E-state index >= 15 is 0 Å². The van der Waals surface area contributed by atoms with Gasteiger partial charge in [0.25, 0.3) is 5.91 Å². The number of anilines is 2. The van der Waals surface area contributed by atoms with Crippen LogP contribution in [0.5, 0.6) is 5.75 Å². The second-order valence-corrected chi connectivity index (χ2v) is 7.26. The number of hydrogen-bond donors (Lipinski definition) is 1. The van der Waals surface area contributed by atoms with Crippen LogP contribution >= 0.6 is 11.3 Å². The molecule has 0 aliphatic rings. The Bertz CT molecular complexity index is 903. The van der Waals surface area contributed by atoms with Crippen molar-refractivity contribution >= 4 is 28.7 Å². The van der Waals surface area contributed by atoms with Crippen LogP contribution in [0.25, 0.3) is 0 Å². The number of hydrogen-bond acceptors (Lipinski definition) is 6. The van der Waals surface area contributed by atoms with E-state index in [0.717, 1.165) is 29.6 Å². The topological polar surface area (TPSA) is 67.4 Å². The quantitative estimate of drug-likeness (QED) is 0.606. The Hall–Kier alpha value is -2.93. The SMILES string of the molecule is CCN(CC)c1ccc(NC(=O)c2ccc(OCc3csc(C)n3)cc2)cn1. The van der Waals surface area contributed by atoms with Gasteiger partial charge in [0.1, 0.15) is 18.2 Å². The number of rotatable bonds is 8. The van der Waals surface area contributed by atoms with Gasteiger partial charge in [-0.1, -0.05) is 0 Å². The summed E-state index contributed by atoms with van der Waals surface area (Å²) in [5, 5.41) is 5.87. The highest BCUT2D eigenvalue weighted by Crippen LogP contribution is 2.18. The normalized spacial score (nSPS) is 10.5. The third-order valence-electron chi connectivity index (χ3n) is 4.26. The van der Waals surface area contributed by atoms with Gasteiger partial charge in [-0.05, 0) is 57.2 Å². The number of carbonyl (C=O) groups is 1. The van der Waals surface area contributed by atoms with Crippen molar-refractivity contribution in [1.29, 1.82) is 0 Å². The highest BCUT2D eigenvalue weighted by molar-refractivity contribution is 7.09. The lowest BCUT2D eigenvalue weighted by Crippen LogP contribution is -2.22. The molecule has 1 N–H and O–H groups in total. The maximum atomic E-state index is 12.4. The van der Waals surface area contributed by atoms with Crippen LogP contribution in [0, 0.1) is 6.92 Å². The number of aryl methyl sites for hydroxylation is 1. The Kier molecular flexibility index (Phi) is 6.60. The first-order chi connectivity index (χ1) is 13.6. The highest BCUT2D eigenvalue weighted by atomic mass is 32.1. The number of ether oxygens (including phenoxy) is 1. The van der Waals surface area contributed by atoms with Gasteiger partial charge in [-0.3, -0.25) is 4.79 Å². The summed E-state index contributed by atoms with van der Waals surface area (Å²) in [5.41, 5.74) is 2.13. The average molecular weight is 397 g/mol. The summed E-state index contributed by atoms with van der Waals surface area (Å²) in [5.74, 6) is 1.42. The van der Waals surface area contributed by atoms with Gasteiger partial charge in [0.05, 0.1) is 22.6 Å². The van der Waals surface area contributed by atoms with Crippen LogP contribution < -0.4 is 15.0 Å². The number of thiazole rings is 1. The number of carbonyl (C=O) groups excluding carboxylic acids is 1. The van der Waals surface area contributed by atoms with E-state index < -0.39 is 0 Å². The summed E-state index contributed by atoms with van der Waals surface area (Å²) in [4.78, 5) is 23.4. The minimum atomic E-state index is -0.181. The molecule has 0 saturated carbocycles. The molecule has 0 atom stereocenters. The Morgan fingerprint density at radius 1 is 1.14 bits per heavy atom. The second kappa shape index (κ2) is 9.32. The Labute approximate surface area is 169 Å². The number of benzene rings is 1. The summed E-state index contributed by atoms with van der Waals surface area (Å²) in [6.07, 6.45) is 1.68. The predicted molar refractivity (Wildman–Crippen MR) is 113 cm³/mol. The van der Waals surface area contributed by atoms with Gasteiger partial charge in [-0.2, -0.15) is 0 Å². The molecule has 0 bridgehead atoms. The number of pyridine rings is 1. The van der Waals surface area contributed by atoms with E-state index in [2.05, 4.69) is 34.0 Å². The van der Waals surface area contributed by atoms with E-state index in [0.29, 0.717) is 23.6 Å². The fourth-order valence-electron chi connectivity index (χ4n) is 2.73. The van der Waals surface area contributed by atoms with Crippen LogP contribution in [-0.4, -0.2) is 29.0 Å². The zero-order valence-electron chi connectivity index (χ0n) is 16.3. The third kappa shape index (κ3) is 5.07. The van der Waals surface area contributed by atoms with Gasteiger partial charge in [0.2, 0.25) is 0 Å². The first kappa shape index (κ1) is 19.8. The average Bonchev–Trinajstić information content (AvgIpc) is 3.14. The van der Waals surface area contributed by atoms with Crippen LogP contribution in [0.4, 0.5) is 11.5 Å². The summed E-state index contributed by atoms with van der Waals surface area (Å²) in [6, 6.07) is 10.8. The van der Waals surface area contributed by atoms with Crippen LogP contribution in [0.15, 0.2) is 48.0 Å². The van der Waals surface area contributed by atoms with Gasteiger partial charge >= 0.3 is 0 Å². The fraction of sp³-hybridized carbons (Fsp3) is 0.286. The van der Waals surface area contributed by atoms with Gasteiger partial charge in [-0.15, -0.1) is 11.3 Å². The van der Waals surface area contributed by atoms with Crippen LogP contribution in [0.1, 0.15) is 34.9 Å². The van der Waals surface area contributed by atoms with E-state index in [1.165, 1.54) is 0 Å². The molecule has 0 aliphatic heterocycles. The molecular formula is C21H24N4O2S.